The Hall–Kier alpha value is -1.29. The van der Waals surface area contributed by atoms with Gasteiger partial charge in [0.25, 0.3) is 0 Å². The number of hydrogen-bond acceptors (Lipinski definition) is 2. The van der Waals surface area contributed by atoms with Gasteiger partial charge in [-0.25, -0.2) is 0 Å². The van der Waals surface area contributed by atoms with Crippen molar-refractivity contribution in [3.8, 4) is 5.75 Å². The molecule has 0 aliphatic rings. The van der Waals surface area contributed by atoms with Crippen LogP contribution < -0.4 is 15.4 Å². The molecule has 0 fully saturated rings. The maximum absolute atomic E-state index is 5.42. The molecule has 1 rings (SSSR count). The van der Waals surface area contributed by atoms with E-state index in [2.05, 4.69) is 31.4 Å². The van der Waals surface area contributed by atoms with Gasteiger partial charge in [0.15, 0.2) is 5.11 Å². The zero-order valence-electron chi connectivity index (χ0n) is 13.6. The van der Waals surface area contributed by atoms with Crippen LogP contribution in [0.1, 0.15) is 47.0 Å². The fourth-order valence-electron chi connectivity index (χ4n) is 2.10. The zero-order chi connectivity index (χ0) is 15.7. The van der Waals surface area contributed by atoms with Crippen molar-refractivity contribution in [2.45, 2.75) is 53.0 Å². The first-order valence-electron chi connectivity index (χ1n) is 7.81. The van der Waals surface area contributed by atoms with Crippen LogP contribution in [-0.4, -0.2) is 17.8 Å². The maximum atomic E-state index is 5.42. The van der Waals surface area contributed by atoms with E-state index in [1.165, 1.54) is 12.8 Å². The Morgan fingerprint density at radius 1 is 1.14 bits per heavy atom. The lowest BCUT2D eigenvalue weighted by atomic mass is 10.0. The second-order valence-electron chi connectivity index (χ2n) is 5.78. The van der Waals surface area contributed by atoms with E-state index in [0.29, 0.717) is 17.8 Å². The largest absolute Gasteiger partial charge is 0.494 e. The molecule has 0 bridgehead atoms. The molecular weight excluding hydrogens is 280 g/mol. The molecule has 0 spiro atoms. The van der Waals surface area contributed by atoms with Gasteiger partial charge < -0.3 is 15.4 Å². The van der Waals surface area contributed by atoms with E-state index in [-0.39, 0.29) is 0 Å². The van der Waals surface area contributed by atoms with Gasteiger partial charge in [-0.15, -0.1) is 0 Å². The Kier molecular flexibility index (Phi) is 8.13. The highest BCUT2D eigenvalue weighted by molar-refractivity contribution is 7.80. The minimum Gasteiger partial charge on any atom is -0.494 e. The number of rotatable bonds is 8. The van der Waals surface area contributed by atoms with Gasteiger partial charge >= 0.3 is 0 Å². The Bertz CT molecular complexity index is 417. The highest BCUT2D eigenvalue weighted by Gasteiger charge is 2.05. The number of thiocarbonyl (C=S) groups is 1. The third-order valence-electron chi connectivity index (χ3n) is 3.22. The molecule has 0 aliphatic heterocycles. The summed E-state index contributed by atoms with van der Waals surface area (Å²) >= 11 is 5.34. The summed E-state index contributed by atoms with van der Waals surface area (Å²) in [4.78, 5) is 0. The molecule has 0 aliphatic carbocycles. The number of hydrogen-bond donors (Lipinski definition) is 2. The summed E-state index contributed by atoms with van der Waals surface area (Å²) in [5, 5.41) is 7.21. The first-order chi connectivity index (χ1) is 10.0. The summed E-state index contributed by atoms with van der Waals surface area (Å²) in [6.45, 7) is 9.35. The first-order valence-corrected chi connectivity index (χ1v) is 8.22. The molecule has 1 aromatic rings. The lowest BCUT2D eigenvalue weighted by molar-refractivity contribution is 0.340. The van der Waals surface area contributed by atoms with E-state index in [1.54, 1.807) is 0 Å². The van der Waals surface area contributed by atoms with E-state index in [9.17, 15) is 0 Å². The van der Waals surface area contributed by atoms with Crippen LogP contribution in [0.4, 0.5) is 5.69 Å². The van der Waals surface area contributed by atoms with E-state index in [0.717, 1.165) is 23.8 Å². The second kappa shape index (κ2) is 9.61. The van der Waals surface area contributed by atoms with Gasteiger partial charge in [-0.2, -0.15) is 0 Å². The molecule has 0 saturated carbocycles. The van der Waals surface area contributed by atoms with Crippen LogP contribution in [0.2, 0.25) is 0 Å². The Morgan fingerprint density at radius 2 is 1.81 bits per heavy atom. The third-order valence-corrected chi connectivity index (χ3v) is 3.44. The van der Waals surface area contributed by atoms with Crippen molar-refractivity contribution in [2.75, 3.05) is 11.9 Å². The van der Waals surface area contributed by atoms with E-state index < -0.39 is 0 Å². The van der Waals surface area contributed by atoms with Crippen molar-refractivity contribution in [3.63, 3.8) is 0 Å². The first kappa shape index (κ1) is 17.8. The van der Waals surface area contributed by atoms with Crippen LogP contribution in [-0.2, 0) is 0 Å². The number of nitrogens with one attached hydrogen (secondary N) is 2. The molecule has 4 heteroatoms. The molecule has 0 saturated heterocycles. The highest BCUT2D eigenvalue weighted by atomic mass is 32.1. The summed E-state index contributed by atoms with van der Waals surface area (Å²) in [6, 6.07) is 8.23. The molecule has 3 nitrogen and oxygen atoms in total. The molecule has 2 N–H and O–H groups in total. The second-order valence-corrected chi connectivity index (χ2v) is 6.19. The van der Waals surface area contributed by atoms with Gasteiger partial charge in [-0.05, 0) is 62.7 Å². The van der Waals surface area contributed by atoms with Crippen LogP contribution in [0, 0.1) is 5.92 Å². The van der Waals surface area contributed by atoms with Crippen molar-refractivity contribution < 1.29 is 4.74 Å². The minimum atomic E-state index is 0.395. The molecular formula is C17H28N2OS. The minimum absolute atomic E-state index is 0.395. The molecule has 1 aromatic carbocycles. The third kappa shape index (κ3) is 7.90. The molecule has 0 amide bonds. The van der Waals surface area contributed by atoms with Gasteiger partial charge in [0, 0.05) is 11.7 Å². The van der Waals surface area contributed by atoms with Crippen molar-refractivity contribution in [3.05, 3.63) is 24.3 Å². The summed E-state index contributed by atoms with van der Waals surface area (Å²) in [7, 11) is 0. The predicted octanol–water partition coefficient (Wildman–Crippen LogP) is 4.59. The molecule has 0 radical (unpaired) electrons. The summed E-state index contributed by atoms with van der Waals surface area (Å²) in [5.41, 5.74) is 0.977. The average molecular weight is 308 g/mol. The van der Waals surface area contributed by atoms with Crippen molar-refractivity contribution in [2.24, 2.45) is 5.92 Å². The summed E-state index contributed by atoms with van der Waals surface area (Å²) in [5.74, 6) is 1.65. The van der Waals surface area contributed by atoms with E-state index >= 15 is 0 Å². The van der Waals surface area contributed by atoms with Crippen molar-refractivity contribution >= 4 is 23.0 Å². The lowest BCUT2D eigenvalue weighted by Gasteiger charge is -2.17. The van der Waals surface area contributed by atoms with Crippen LogP contribution in [0.5, 0.6) is 5.75 Å². The molecule has 0 heterocycles. The number of ether oxygens (including phenoxy) is 1. The zero-order valence-corrected chi connectivity index (χ0v) is 14.4. The van der Waals surface area contributed by atoms with Gasteiger partial charge in [-0.3, -0.25) is 0 Å². The SMILES string of the molecule is CCOc1ccc(NC(=S)NC(C)CCCC(C)C)cc1. The Labute approximate surface area is 134 Å². The Morgan fingerprint density at radius 3 is 2.38 bits per heavy atom. The quantitative estimate of drug-likeness (QED) is 0.688. The van der Waals surface area contributed by atoms with Crippen LogP contribution in [0.15, 0.2) is 24.3 Å². The molecule has 118 valence electrons. The highest BCUT2D eigenvalue weighted by Crippen LogP contribution is 2.15. The van der Waals surface area contributed by atoms with Gasteiger partial charge in [0.2, 0.25) is 0 Å². The monoisotopic (exact) mass is 308 g/mol. The standard InChI is InChI=1S/C17H28N2OS/c1-5-20-16-11-9-15(10-12-16)19-17(21)18-14(4)8-6-7-13(2)3/h9-14H,5-8H2,1-4H3,(H2,18,19,21). The van der Waals surface area contributed by atoms with Gasteiger partial charge in [0.05, 0.1) is 6.61 Å². The predicted molar refractivity (Wildman–Crippen MR) is 95.1 cm³/mol. The summed E-state index contributed by atoms with van der Waals surface area (Å²) in [6.07, 6.45) is 3.64. The molecule has 1 atom stereocenters. The maximum Gasteiger partial charge on any atom is 0.170 e. The summed E-state index contributed by atoms with van der Waals surface area (Å²) < 4.78 is 5.42. The van der Waals surface area contributed by atoms with Gasteiger partial charge in [-0.1, -0.05) is 26.7 Å². The normalized spacial score (nSPS) is 12.0. The Balaban J connectivity index is 2.32. The smallest absolute Gasteiger partial charge is 0.170 e. The lowest BCUT2D eigenvalue weighted by Crippen LogP contribution is -2.35. The fraction of sp³-hybridized carbons (Fsp3) is 0.588. The van der Waals surface area contributed by atoms with Gasteiger partial charge in [0.1, 0.15) is 5.75 Å². The number of benzene rings is 1. The van der Waals surface area contributed by atoms with E-state index in [1.807, 2.05) is 31.2 Å². The average Bonchev–Trinajstić information content (AvgIpc) is 2.40. The fourth-order valence-corrected chi connectivity index (χ4v) is 2.42. The topological polar surface area (TPSA) is 33.3 Å². The molecule has 1 unspecified atom stereocenters. The van der Waals surface area contributed by atoms with Crippen LogP contribution in [0.25, 0.3) is 0 Å². The molecule has 0 aromatic heterocycles. The van der Waals surface area contributed by atoms with E-state index in [4.69, 9.17) is 17.0 Å². The van der Waals surface area contributed by atoms with Crippen LogP contribution >= 0.6 is 12.2 Å². The molecule has 21 heavy (non-hydrogen) atoms. The number of anilines is 1. The van der Waals surface area contributed by atoms with Crippen LogP contribution in [0.3, 0.4) is 0 Å². The van der Waals surface area contributed by atoms with Crippen molar-refractivity contribution in [1.82, 2.24) is 5.32 Å². The van der Waals surface area contributed by atoms with Crippen molar-refractivity contribution in [1.29, 1.82) is 0 Å².